The van der Waals surface area contributed by atoms with Crippen molar-refractivity contribution < 1.29 is 23.8 Å². The smallest absolute Gasteiger partial charge is 0.337 e. The summed E-state index contributed by atoms with van der Waals surface area (Å²) in [6.45, 7) is -0.0903. The fraction of sp³-hybridized carbons (Fsp3) is 0.286. The van der Waals surface area contributed by atoms with Crippen molar-refractivity contribution >= 4 is 33.5 Å². The van der Waals surface area contributed by atoms with Crippen LogP contribution in [0.2, 0.25) is 0 Å². The summed E-state index contributed by atoms with van der Waals surface area (Å²) in [5.41, 5.74) is 0.502. The van der Waals surface area contributed by atoms with Crippen LogP contribution in [0.1, 0.15) is 0 Å². The molecule has 0 aromatic heterocycles. The van der Waals surface area contributed by atoms with Crippen LogP contribution in [0, 0.1) is 5.82 Å². The van der Waals surface area contributed by atoms with Gasteiger partial charge in [-0.15, -0.1) is 0 Å². The molecule has 1 amide bonds. The number of rotatable bonds is 5. The lowest BCUT2D eigenvalue weighted by Crippen LogP contribution is -2.31. The van der Waals surface area contributed by atoms with Crippen molar-refractivity contribution in [3.8, 4) is 0 Å². The van der Waals surface area contributed by atoms with Gasteiger partial charge in [-0.1, -0.05) is 0 Å². The molecule has 1 aliphatic rings. The number of ether oxygens (including phenoxy) is 1. The van der Waals surface area contributed by atoms with Gasteiger partial charge in [-0.3, -0.25) is 4.79 Å². The Morgan fingerprint density at radius 2 is 2.27 bits per heavy atom. The first kappa shape index (κ1) is 16.4. The quantitative estimate of drug-likeness (QED) is 0.760. The summed E-state index contributed by atoms with van der Waals surface area (Å²) in [6.07, 6.45) is 0. The first-order valence-electron chi connectivity index (χ1n) is 6.41. The van der Waals surface area contributed by atoms with Crippen LogP contribution in [0.4, 0.5) is 10.1 Å². The van der Waals surface area contributed by atoms with E-state index >= 15 is 0 Å². The van der Waals surface area contributed by atoms with Crippen LogP contribution < -0.4 is 5.32 Å². The number of nitrogens with zero attached hydrogens (tertiary/aromatic N) is 1. The number of esters is 1. The highest BCUT2D eigenvalue weighted by Gasteiger charge is 2.34. The number of hydrogen-bond acceptors (Lipinski definition) is 5. The van der Waals surface area contributed by atoms with Crippen molar-refractivity contribution in [2.75, 3.05) is 32.1 Å². The number of methoxy groups -OCH3 is 1. The minimum absolute atomic E-state index is 0.0297. The van der Waals surface area contributed by atoms with E-state index in [1.165, 1.54) is 24.1 Å². The molecule has 6 nitrogen and oxygen atoms in total. The normalized spacial score (nSPS) is 14.5. The Morgan fingerprint density at radius 3 is 2.86 bits per heavy atom. The second-order valence-corrected chi connectivity index (χ2v) is 5.40. The molecule has 1 aliphatic heterocycles. The summed E-state index contributed by atoms with van der Waals surface area (Å²) in [5.74, 6) is -1.59. The zero-order valence-corrected chi connectivity index (χ0v) is 13.3. The molecule has 0 radical (unpaired) electrons. The Bertz CT molecular complexity index is 648. The predicted molar refractivity (Wildman–Crippen MR) is 80.4 cm³/mol. The van der Waals surface area contributed by atoms with Crippen molar-refractivity contribution in [2.24, 2.45) is 0 Å². The van der Waals surface area contributed by atoms with Crippen molar-refractivity contribution in [3.63, 3.8) is 0 Å². The number of anilines is 1. The van der Waals surface area contributed by atoms with Gasteiger partial charge in [0, 0.05) is 12.2 Å². The molecule has 8 heteroatoms. The van der Waals surface area contributed by atoms with Crippen molar-refractivity contribution in [2.45, 2.75) is 0 Å². The number of amides is 1. The van der Waals surface area contributed by atoms with Crippen molar-refractivity contribution in [3.05, 3.63) is 39.8 Å². The van der Waals surface area contributed by atoms with Crippen molar-refractivity contribution in [1.29, 1.82) is 0 Å². The number of β-amino-alcohol motifs (C(OH)–C–C–N with tert-alkyl or cyclic N) is 1. The monoisotopic (exact) mass is 372 g/mol. The molecule has 0 fully saturated rings. The van der Waals surface area contributed by atoms with Crippen molar-refractivity contribution in [1.82, 2.24) is 4.90 Å². The molecule has 1 heterocycles. The van der Waals surface area contributed by atoms with Gasteiger partial charge < -0.3 is 20.1 Å². The van der Waals surface area contributed by atoms with Gasteiger partial charge in [0.1, 0.15) is 11.5 Å². The highest BCUT2D eigenvalue weighted by Crippen LogP contribution is 2.25. The van der Waals surface area contributed by atoms with Crippen LogP contribution in [0.25, 0.3) is 0 Å². The van der Waals surface area contributed by atoms with Crippen LogP contribution in [0.15, 0.2) is 33.9 Å². The van der Waals surface area contributed by atoms with Crippen LogP contribution in [0.3, 0.4) is 0 Å². The van der Waals surface area contributed by atoms with Crippen LogP contribution in [-0.4, -0.2) is 48.7 Å². The molecule has 0 unspecified atom stereocenters. The van der Waals surface area contributed by atoms with Gasteiger partial charge in [-0.05, 0) is 34.1 Å². The van der Waals surface area contributed by atoms with Gasteiger partial charge in [0.05, 0.1) is 30.3 Å². The summed E-state index contributed by atoms with van der Waals surface area (Å²) in [7, 11) is 1.21. The van der Waals surface area contributed by atoms with Gasteiger partial charge >= 0.3 is 5.97 Å². The molecule has 0 spiro atoms. The topological polar surface area (TPSA) is 78.9 Å². The van der Waals surface area contributed by atoms with E-state index in [4.69, 9.17) is 5.11 Å². The number of aliphatic hydroxyl groups excluding tert-OH is 1. The standard InChI is InChI=1S/C14H14BrFN2O4/c1-22-14(21)9-7-18(4-5-19)13(20)12(9)17-8-2-3-10(15)11(16)6-8/h2-3,6,17,19H,4-5,7H2,1H3. The second kappa shape index (κ2) is 6.89. The summed E-state index contributed by atoms with van der Waals surface area (Å²) in [4.78, 5) is 25.4. The van der Waals surface area contributed by atoms with Gasteiger partial charge in [-0.25, -0.2) is 9.18 Å². The van der Waals surface area contributed by atoms with E-state index in [1.54, 1.807) is 6.07 Å². The van der Waals surface area contributed by atoms with Gasteiger partial charge in [0.2, 0.25) is 0 Å². The zero-order valence-electron chi connectivity index (χ0n) is 11.7. The molecule has 2 rings (SSSR count). The molecular weight excluding hydrogens is 359 g/mol. The van der Waals surface area contributed by atoms with E-state index in [0.29, 0.717) is 10.2 Å². The number of benzene rings is 1. The molecule has 0 atom stereocenters. The van der Waals surface area contributed by atoms with E-state index < -0.39 is 17.7 Å². The van der Waals surface area contributed by atoms with E-state index in [-0.39, 0.29) is 31.0 Å². The Hall–Kier alpha value is -1.93. The van der Waals surface area contributed by atoms with Crippen LogP contribution in [-0.2, 0) is 14.3 Å². The summed E-state index contributed by atoms with van der Waals surface area (Å²) in [5, 5.41) is 11.7. The first-order valence-corrected chi connectivity index (χ1v) is 7.21. The molecular formula is C14H14BrFN2O4. The predicted octanol–water partition coefficient (Wildman–Crippen LogP) is 1.26. The largest absolute Gasteiger partial charge is 0.466 e. The molecule has 1 aromatic rings. The Kier molecular flexibility index (Phi) is 5.15. The van der Waals surface area contributed by atoms with E-state index in [2.05, 4.69) is 26.0 Å². The molecule has 1 aromatic carbocycles. The number of carbonyl (C=O) groups excluding carboxylic acids is 2. The molecule has 2 N–H and O–H groups in total. The average Bonchev–Trinajstić information content (AvgIpc) is 2.80. The van der Waals surface area contributed by atoms with Crippen LogP contribution >= 0.6 is 15.9 Å². The lowest BCUT2D eigenvalue weighted by molar-refractivity contribution is -0.136. The highest BCUT2D eigenvalue weighted by molar-refractivity contribution is 9.10. The van der Waals surface area contributed by atoms with E-state index in [1.807, 2.05) is 0 Å². The molecule has 0 bridgehead atoms. The fourth-order valence-corrected chi connectivity index (χ4v) is 2.31. The maximum Gasteiger partial charge on any atom is 0.337 e. The van der Waals surface area contributed by atoms with Gasteiger partial charge in [-0.2, -0.15) is 0 Å². The molecule has 22 heavy (non-hydrogen) atoms. The van der Waals surface area contributed by atoms with Gasteiger partial charge in [0.25, 0.3) is 5.91 Å². The number of halogens is 2. The Morgan fingerprint density at radius 1 is 1.55 bits per heavy atom. The minimum Gasteiger partial charge on any atom is -0.466 e. The molecule has 0 aliphatic carbocycles. The third-order valence-corrected chi connectivity index (χ3v) is 3.79. The summed E-state index contributed by atoms with van der Waals surface area (Å²) >= 11 is 3.04. The van der Waals surface area contributed by atoms with Gasteiger partial charge in [0.15, 0.2) is 0 Å². The molecule has 0 saturated heterocycles. The number of aliphatic hydroxyl groups is 1. The minimum atomic E-state index is -0.645. The lowest BCUT2D eigenvalue weighted by Gasteiger charge is -2.15. The second-order valence-electron chi connectivity index (χ2n) is 4.55. The highest BCUT2D eigenvalue weighted by atomic mass is 79.9. The third kappa shape index (κ3) is 3.28. The average molecular weight is 373 g/mol. The maximum absolute atomic E-state index is 13.5. The van der Waals surface area contributed by atoms with E-state index in [0.717, 1.165) is 0 Å². The Labute approximate surface area is 134 Å². The lowest BCUT2D eigenvalue weighted by atomic mass is 10.2. The third-order valence-electron chi connectivity index (χ3n) is 3.14. The number of carbonyl (C=O) groups is 2. The van der Waals surface area contributed by atoms with E-state index in [9.17, 15) is 14.0 Å². The molecule has 118 valence electrons. The maximum atomic E-state index is 13.5. The zero-order chi connectivity index (χ0) is 16.3. The number of hydrogen-bond donors (Lipinski definition) is 2. The number of nitrogens with one attached hydrogen (secondary N) is 1. The summed E-state index contributed by atoms with van der Waals surface area (Å²) < 4.78 is 18.5. The van der Waals surface area contributed by atoms with Crippen LogP contribution in [0.5, 0.6) is 0 Å². The summed E-state index contributed by atoms with van der Waals surface area (Å²) in [6, 6.07) is 4.26. The Balaban J connectivity index is 2.32. The molecule has 0 saturated carbocycles. The fourth-order valence-electron chi connectivity index (χ4n) is 2.07. The SMILES string of the molecule is COC(=O)C1=C(Nc2ccc(Br)c(F)c2)C(=O)N(CCO)C1. The first-order chi connectivity index (χ1) is 10.5.